The van der Waals surface area contributed by atoms with E-state index >= 15 is 0 Å². The van der Waals surface area contributed by atoms with Gasteiger partial charge in [-0.1, -0.05) is 74.5 Å². The molecule has 0 aromatic heterocycles. The summed E-state index contributed by atoms with van der Waals surface area (Å²) in [4.78, 5) is 32.3. The highest BCUT2D eigenvalue weighted by atomic mass is 32.2. The van der Waals surface area contributed by atoms with E-state index in [1.807, 2.05) is 53.4 Å². The zero-order valence-electron chi connectivity index (χ0n) is 24.5. The first-order valence-electron chi connectivity index (χ1n) is 14.0. The van der Waals surface area contributed by atoms with Gasteiger partial charge in [-0.2, -0.15) is 0 Å². The normalized spacial score (nSPS) is 16.5. The van der Waals surface area contributed by atoms with E-state index in [1.165, 1.54) is 26.9 Å². The Labute approximate surface area is 247 Å². The predicted octanol–water partition coefficient (Wildman–Crippen LogP) is 5.91. The molecule has 0 radical (unpaired) electrons. The van der Waals surface area contributed by atoms with Gasteiger partial charge in [0.05, 0.1) is 26.7 Å². The van der Waals surface area contributed by atoms with E-state index in [0.29, 0.717) is 47.6 Å². The first-order valence-corrected chi connectivity index (χ1v) is 15.0. The Kier molecular flexibility index (Phi) is 10.6. The maximum atomic E-state index is 14.3. The van der Waals surface area contributed by atoms with Crippen molar-refractivity contribution in [2.24, 2.45) is 5.92 Å². The van der Waals surface area contributed by atoms with E-state index in [0.717, 1.165) is 18.4 Å². The topological polar surface area (TPSA) is 68.3 Å². The van der Waals surface area contributed by atoms with Crippen molar-refractivity contribution in [2.75, 3.05) is 33.6 Å². The molecule has 1 heterocycles. The van der Waals surface area contributed by atoms with Crippen molar-refractivity contribution in [2.45, 2.75) is 44.6 Å². The predicted molar refractivity (Wildman–Crippen MR) is 164 cm³/mol. The molecule has 1 aliphatic rings. The SMILES string of the molecule is COc1cc(C(=O)N2C(CC(C)C)SCC2C(=O)N(CCc2ccccc2)Cc2ccccc2)cc(OC)c1OC. The molecule has 0 saturated carbocycles. The maximum absolute atomic E-state index is 14.3. The van der Waals surface area contributed by atoms with Gasteiger partial charge in [-0.15, -0.1) is 11.8 Å². The lowest BCUT2D eigenvalue weighted by atomic mass is 10.1. The van der Waals surface area contributed by atoms with E-state index in [4.69, 9.17) is 14.2 Å². The Hall–Kier alpha value is -3.65. The largest absolute Gasteiger partial charge is 0.493 e. The van der Waals surface area contributed by atoms with Crippen molar-refractivity contribution in [3.8, 4) is 17.2 Å². The van der Waals surface area contributed by atoms with Crippen LogP contribution in [-0.2, 0) is 17.8 Å². The first kappa shape index (κ1) is 30.3. The van der Waals surface area contributed by atoms with Crippen LogP contribution < -0.4 is 14.2 Å². The molecule has 1 aliphatic heterocycles. The van der Waals surface area contributed by atoms with Gasteiger partial charge in [0.1, 0.15) is 6.04 Å². The van der Waals surface area contributed by atoms with Crippen LogP contribution in [0.15, 0.2) is 72.8 Å². The smallest absolute Gasteiger partial charge is 0.255 e. The lowest BCUT2D eigenvalue weighted by Gasteiger charge is -2.33. The molecular formula is C33H40N2O5S. The van der Waals surface area contributed by atoms with Crippen LogP contribution in [0.4, 0.5) is 0 Å². The quantitative estimate of drug-likeness (QED) is 0.267. The van der Waals surface area contributed by atoms with Gasteiger partial charge in [0, 0.05) is 24.4 Å². The average Bonchev–Trinajstić information content (AvgIpc) is 3.41. The molecule has 7 nitrogen and oxygen atoms in total. The standard InChI is InChI=1S/C33H40N2O5S/c1-23(2)18-30-35(32(36)26-19-28(38-3)31(40-5)29(20-26)39-4)27(22-41-30)33(37)34(21-25-14-10-7-11-15-25)17-16-24-12-8-6-9-13-24/h6-15,19-20,23,27,30H,16-18,21-22H2,1-5H3. The second kappa shape index (κ2) is 14.3. The molecule has 2 unspecified atom stereocenters. The summed E-state index contributed by atoms with van der Waals surface area (Å²) < 4.78 is 16.5. The fourth-order valence-corrected chi connectivity index (χ4v) is 6.79. The highest BCUT2D eigenvalue weighted by molar-refractivity contribution is 8.00. The summed E-state index contributed by atoms with van der Waals surface area (Å²) in [5, 5.41) is -0.122. The van der Waals surface area contributed by atoms with E-state index in [2.05, 4.69) is 26.0 Å². The number of benzene rings is 3. The number of ether oxygens (including phenoxy) is 3. The molecule has 0 N–H and O–H groups in total. The number of thioether (sulfide) groups is 1. The molecule has 218 valence electrons. The van der Waals surface area contributed by atoms with Crippen molar-refractivity contribution in [1.29, 1.82) is 0 Å². The van der Waals surface area contributed by atoms with Gasteiger partial charge < -0.3 is 24.0 Å². The van der Waals surface area contributed by atoms with Crippen LogP contribution in [0.3, 0.4) is 0 Å². The second-order valence-corrected chi connectivity index (χ2v) is 11.8. The van der Waals surface area contributed by atoms with Gasteiger partial charge in [-0.05, 0) is 42.0 Å². The highest BCUT2D eigenvalue weighted by Gasteiger charge is 2.43. The third-order valence-electron chi connectivity index (χ3n) is 7.24. The van der Waals surface area contributed by atoms with Crippen LogP contribution in [0, 0.1) is 5.92 Å². The third-order valence-corrected chi connectivity index (χ3v) is 8.55. The molecule has 4 rings (SSSR count). The number of carbonyl (C=O) groups is 2. The number of amides is 2. The summed E-state index contributed by atoms with van der Waals surface area (Å²) in [6, 6.07) is 22.9. The minimum Gasteiger partial charge on any atom is -0.493 e. The van der Waals surface area contributed by atoms with E-state index in [1.54, 1.807) is 28.8 Å². The summed E-state index contributed by atoms with van der Waals surface area (Å²) >= 11 is 1.67. The van der Waals surface area contributed by atoms with Crippen molar-refractivity contribution in [3.63, 3.8) is 0 Å². The van der Waals surface area contributed by atoms with Crippen LogP contribution in [-0.4, -0.2) is 66.7 Å². The number of carbonyl (C=O) groups excluding carboxylic acids is 2. The number of rotatable bonds is 12. The van der Waals surface area contributed by atoms with E-state index < -0.39 is 6.04 Å². The Morgan fingerprint density at radius 2 is 1.49 bits per heavy atom. The van der Waals surface area contributed by atoms with E-state index in [-0.39, 0.29) is 17.2 Å². The molecule has 8 heteroatoms. The third kappa shape index (κ3) is 7.36. The molecule has 41 heavy (non-hydrogen) atoms. The highest BCUT2D eigenvalue weighted by Crippen LogP contribution is 2.41. The molecule has 2 amide bonds. The summed E-state index contributed by atoms with van der Waals surface area (Å²) in [5.74, 6) is 1.87. The molecule has 0 aliphatic carbocycles. The zero-order valence-corrected chi connectivity index (χ0v) is 25.4. The minimum atomic E-state index is -0.588. The Morgan fingerprint density at radius 1 is 0.902 bits per heavy atom. The first-order chi connectivity index (χ1) is 19.9. The van der Waals surface area contributed by atoms with Crippen LogP contribution in [0.5, 0.6) is 17.2 Å². The Bertz CT molecular complexity index is 1280. The molecule has 1 saturated heterocycles. The summed E-state index contributed by atoms with van der Waals surface area (Å²) in [5.41, 5.74) is 2.62. The number of hydrogen-bond donors (Lipinski definition) is 0. The molecule has 0 spiro atoms. The maximum Gasteiger partial charge on any atom is 0.255 e. The average molecular weight is 577 g/mol. The lowest BCUT2D eigenvalue weighted by molar-refractivity contribution is -0.136. The minimum absolute atomic E-state index is 0.0377. The summed E-state index contributed by atoms with van der Waals surface area (Å²) in [7, 11) is 4.59. The number of hydrogen-bond acceptors (Lipinski definition) is 6. The van der Waals surface area contributed by atoms with E-state index in [9.17, 15) is 9.59 Å². The second-order valence-electron chi connectivity index (χ2n) is 10.5. The molecule has 3 aromatic rings. The van der Waals surface area contributed by atoms with Crippen LogP contribution >= 0.6 is 11.8 Å². The van der Waals surface area contributed by atoms with Gasteiger partial charge in [0.2, 0.25) is 11.7 Å². The van der Waals surface area contributed by atoms with Gasteiger partial charge in [0.15, 0.2) is 11.5 Å². The van der Waals surface area contributed by atoms with Crippen molar-refractivity contribution >= 4 is 23.6 Å². The van der Waals surface area contributed by atoms with Gasteiger partial charge >= 0.3 is 0 Å². The van der Waals surface area contributed by atoms with Gasteiger partial charge in [0.25, 0.3) is 5.91 Å². The summed E-state index contributed by atoms with van der Waals surface area (Å²) in [6.07, 6.45) is 1.52. The number of methoxy groups -OCH3 is 3. The van der Waals surface area contributed by atoms with Crippen molar-refractivity contribution < 1.29 is 23.8 Å². The molecule has 1 fully saturated rings. The van der Waals surface area contributed by atoms with Gasteiger partial charge in [-0.3, -0.25) is 9.59 Å². The molecule has 0 bridgehead atoms. The monoisotopic (exact) mass is 576 g/mol. The molecule has 2 atom stereocenters. The van der Waals surface area contributed by atoms with Crippen LogP contribution in [0.25, 0.3) is 0 Å². The van der Waals surface area contributed by atoms with Crippen molar-refractivity contribution in [1.82, 2.24) is 9.80 Å². The van der Waals surface area contributed by atoms with Crippen LogP contribution in [0.1, 0.15) is 41.8 Å². The van der Waals surface area contributed by atoms with Crippen molar-refractivity contribution in [3.05, 3.63) is 89.5 Å². The zero-order chi connectivity index (χ0) is 29.4. The fourth-order valence-electron chi connectivity index (χ4n) is 5.16. The molecule has 3 aromatic carbocycles. The summed E-state index contributed by atoms with van der Waals surface area (Å²) in [6.45, 7) is 5.31. The fraction of sp³-hybridized carbons (Fsp3) is 0.394. The van der Waals surface area contributed by atoms with Crippen LogP contribution in [0.2, 0.25) is 0 Å². The Balaban J connectivity index is 1.67. The van der Waals surface area contributed by atoms with Gasteiger partial charge in [-0.25, -0.2) is 0 Å². The molecular weight excluding hydrogens is 536 g/mol. The lowest BCUT2D eigenvalue weighted by Crippen LogP contribution is -2.51. The Morgan fingerprint density at radius 3 is 2.02 bits per heavy atom. The number of nitrogens with zero attached hydrogens (tertiary/aromatic N) is 2.